The number of hydrogen-bond donors (Lipinski definition) is 0. The van der Waals surface area contributed by atoms with Crippen molar-refractivity contribution >= 4 is 34.0 Å². The summed E-state index contributed by atoms with van der Waals surface area (Å²) in [6, 6.07) is 13.1. The van der Waals surface area contributed by atoms with E-state index in [0.29, 0.717) is 16.5 Å². The summed E-state index contributed by atoms with van der Waals surface area (Å²) >= 11 is 1.27. The summed E-state index contributed by atoms with van der Waals surface area (Å²) in [6.07, 6.45) is 0. The van der Waals surface area contributed by atoms with Gasteiger partial charge in [-0.15, -0.1) is 11.3 Å². The summed E-state index contributed by atoms with van der Waals surface area (Å²) in [5.74, 6) is -1.57. The van der Waals surface area contributed by atoms with Crippen LogP contribution in [0.25, 0.3) is 0 Å². The van der Waals surface area contributed by atoms with E-state index in [-0.39, 0.29) is 18.1 Å². The summed E-state index contributed by atoms with van der Waals surface area (Å²) in [5, 5.41) is 2.18. The van der Waals surface area contributed by atoms with Crippen LogP contribution in [0.1, 0.15) is 28.5 Å². The summed E-state index contributed by atoms with van der Waals surface area (Å²) in [6.45, 7) is 3.29. The predicted molar refractivity (Wildman–Crippen MR) is 102 cm³/mol. The number of anilines is 2. The molecular weight excluding hydrogens is 367 g/mol. The SMILES string of the molecule is CC(=O)N(c1cccc(C)c1)c1nc(COC(=O)c2ccccc2F)cs1. The molecule has 0 spiro atoms. The molecule has 5 nitrogen and oxygen atoms in total. The van der Waals surface area contributed by atoms with Crippen molar-refractivity contribution in [1.29, 1.82) is 0 Å². The average Bonchev–Trinajstić information content (AvgIpc) is 3.08. The molecule has 3 aromatic rings. The molecule has 0 fully saturated rings. The largest absolute Gasteiger partial charge is 0.455 e. The summed E-state index contributed by atoms with van der Waals surface area (Å²) in [5.41, 5.74) is 2.10. The lowest BCUT2D eigenvalue weighted by Gasteiger charge is -2.18. The summed E-state index contributed by atoms with van der Waals surface area (Å²) < 4.78 is 18.8. The Balaban J connectivity index is 1.74. The summed E-state index contributed by atoms with van der Waals surface area (Å²) in [4.78, 5) is 30.0. The van der Waals surface area contributed by atoms with Gasteiger partial charge in [0.25, 0.3) is 0 Å². The van der Waals surface area contributed by atoms with Crippen LogP contribution in [0.5, 0.6) is 0 Å². The van der Waals surface area contributed by atoms with Gasteiger partial charge in [0.2, 0.25) is 5.91 Å². The van der Waals surface area contributed by atoms with Crippen LogP contribution in [0.2, 0.25) is 0 Å². The van der Waals surface area contributed by atoms with Gasteiger partial charge in [-0.2, -0.15) is 0 Å². The minimum absolute atomic E-state index is 0.108. The van der Waals surface area contributed by atoms with Crippen molar-refractivity contribution in [3.8, 4) is 0 Å². The fourth-order valence-corrected chi connectivity index (χ4v) is 3.37. The van der Waals surface area contributed by atoms with E-state index in [1.807, 2.05) is 31.2 Å². The maximum absolute atomic E-state index is 13.6. The van der Waals surface area contributed by atoms with Gasteiger partial charge in [0, 0.05) is 12.3 Å². The highest BCUT2D eigenvalue weighted by atomic mass is 32.1. The van der Waals surface area contributed by atoms with Gasteiger partial charge in [0.05, 0.1) is 16.9 Å². The third-order valence-electron chi connectivity index (χ3n) is 3.75. The van der Waals surface area contributed by atoms with E-state index in [4.69, 9.17) is 4.74 Å². The number of esters is 1. The maximum atomic E-state index is 13.6. The molecule has 2 aromatic carbocycles. The highest BCUT2D eigenvalue weighted by Crippen LogP contribution is 2.29. The Kier molecular flexibility index (Phi) is 5.61. The molecule has 3 rings (SSSR count). The van der Waals surface area contributed by atoms with Crippen LogP contribution in [0.4, 0.5) is 15.2 Å². The molecule has 1 amide bonds. The number of aryl methyl sites for hydroxylation is 1. The molecule has 0 unspecified atom stereocenters. The fraction of sp³-hybridized carbons (Fsp3) is 0.150. The molecule has 1 heterocycles. The molecule has 0 radical (unpaired) electrons. The van der Waals surface area contributed by atoms with E-state index in [0.717, 1.165) is 5.56 Å². The number of halogens is 1. The van der Waals surface area contributed by atoms with E-state index < -0.39 is 11.8 Å². The Morgan fingerprint density at radius 3 is 2.67 bits per heavy atom. The van der Waals surface area contributed by atoms with Gasteiger partial charge in [-0.3, -0.25) is 9.69 Å². The number of ether oxygens (including phenoxy) is 1. The zero-order valence-corrected chi connectivity index (χ0v) is 15.6. The molecule has 0 saturated carbocycles. The Morgan fingerprint density at radius 1 is 1.19 bits per heavy atom. The standard InChI is InChI=1S/C20H17FN2O3S/c1-13-6-5-7-16(10-13)23(14(2)24)20-22-15(12-27-20)11-26-19(25)17-8-3-4-9-18(17)21/h3-10,12H,11H2,1-2H3. The molecule has 0 aliphatic rings. The van der Waals surface area contributed by atoms with Crippen LogP contribution < -0.4 is 4.90 Å². The van der Waals surface area contributed by atoms with Crippen molar-refractivity contribution in [2.75, 3.05) is 4.90 Å². The van der Waals surface area contributed by atoms with Gasteiger partial charge in [-0.05, 0) is 36.8 Å². The first-order valence-corrected chi connectivity index (χ1v) is 9.07. The monoisotopic (exact) mass is 384 g/mol. The molecule has 138 valence electrons. The third kappa shape index (κ3) is 4.38. The first kappa shape index (κ1) is 18.7. The maximum Gasteiger partial charge on any atom is 0.341 e. The molecule has 1 aromatic heterocycles. The first-order chi connectivity index (χ1) is 13.0. The Labute approximate surface area is 160 Å². The molecule has 0 aliphatic carbocycles. The Hall–Kier alpha value is -3.06. The van der Waals surface area contributed by atoms with E-state index >= 15 is 0 Å². The second kappa shape index (κ2) is 8.09. The van der Waals surface area contributed by atoms with Gasteiger partial charge in [-0.25, -0.2) is 14.2 Å². The van der Waals surface area contributed by atoms with Gasteiger partial charge >= 0.3 is 5.97 Å². The van der Waals surface area contributed by atoms with Crippen LogP contribution in [0.15, 0.2) is 53.9 Å². The number of carbonyl (C=O) groups excluding carboxylic acids is 2. The van der Waals surface area contributed by atoms with Gasteiger partial charge in [-0.1, -0.05) is 24.3 Å². The van der Waals surface area contributed by atoms with Gasteiger partial charge in [0.15, 0.2) is 5.13 Å². The van der Waals surface area contributed by atoms with Crippen molar-refractivity contribution in [1.82, 2.24) is 4.98 Å². The van der Waals surface area contributed by atoms with Crippen LogP contribution >= 0.6 is 11.3 Å². The average molecular weight is 384 g/mol. The van der Waals surface area contributed by atoms with Gasteiger partial charge < -0.3 is 4.74 Å². The minimum Gasteiger partial charge on any atom is -0.455 e. The number of benzene rings is 2. The zero-order chi connectivity index (χ0) is 19.4. The number of thiazole rings is 1. The Bertz CT molecular complexity index is 987. The molecule has 0 aliphatic heterocycles. The van der Waals surface area contributed by atoms with E-state index in [1.165, 1.54) is 41.4 Å². The lowest BCUT2D eigenvalue weighted by Crippen LogP contribution is -2.22. The lowest BCUT2D eigenvalue weighted by atomic mass is 10.2. The lowest BCUT2D eigenvalue weighted by molar-refractivity contribution is -0.115. The van der Waals surface area contributed by atoms with Crippen molar-refractivity contribution in [2.45, 2.75) is 20.5 Å². The molecule has 0 atom stereocenters. The molecular formula is C20H17FN2O3S. The molecule has 0 saturated heterocycles. The molecule has 7 heteroatoms. The predicted octanol–water partition coefficient (Wildman–Crippen LogP) is 4.63. The van der Waals surface area contributed by atoms with Crippen LogP contribution in [0.3, 0.4) is 0 Å². The number of hydrogen-bond acceptors (Lipinski definition) is 5. The summed E-state index contributed by atoms with van der Waals surface area (Å²) in [7, 11) is 0. The van der Waals surface area contributed by atoms with Crippen molar-refractivity contribution in [2.24, 2.45) is 0 Å². The van der Waals surface area contributed by atoms with Crippen LogP contribution in [-0.4, -0.2) is 16.9 Å². The topological polar surface area (TPSA) is 59.5 Å². The number of amides is 1. The van der Waals surface area contributed by atoms with E-state index in [9.17, 15) is 14.0 Å². The fourth-order valence-electron chi connectivity index (χ4n) is 2.50. The van der Waals surface area contributed by atoms with Gasteiger partial charge in [0.1, 0.15) is 12.4 Å². The number of rotatable bonds is 5. The van der Waals surface area contributed by atoms with Crippen LogP contribution in [-0.2, 0) is 16.1 Å². The zero-order valence-electron chi connectivity index (χ0n) is 14.8. The normalized spacial score (nSPS) is 10.5. The minimum atomic E-state index is -0.759. The molecule has 0 N–H and O–H groups in total. The van der Waals surface area contributed by atoms with Crippen LogP contribution in [0, 0.1) is 12.7 Å². The second-order valence-corrected chi connectivity index (χ2v) is 6.71. The number of aromatic nitrogens is 1. The van der Waals surface area contributed by atoms with Crippen molar-refractivity contribution in [3.05, 3.63) is 76.5 Å². The molecule has 27 heavy (non-hydrogen) atoms. The van der Waals surface area contributed by atoms with Crippen molar-refractivity contribution < 1.29 is 18.7 Å². The van der Waals surface area contributed by atoms with E-state index in [2.05, 4.69) is 4.98 Å². The highest BCUT2D eigenvalue weighted by Gasteiger charge is 2.19. The smallest absolute Gasteiger partial charge is 0.341 e. The number of nitrogens with zero attached hydrogens (tertiary/aromatic N) is 2. The second-order valence-electron chi connectivity index (χ2n) is 5.87. The number of carbonyl (C=O) groups is 2. The van der Waals surface area contributed by atoms with Crippen molar-refractivity contribution in [3.63, 3.8) is 0 Å². The Morgan fingerprint density at radius 2 is 1.96 bits per heavy atom. The third-order valence-corrected chi connectivity index (χ3v) is 4.63. The first-order valence-electron chi connectivity index (χ1n) is 8.19. The quantitative estimate of drug-likeness (QED) is 0.602. The molecule has 0 bridgehead atoms. The van der Waals surface area contributed by atoms with E-state index in [1.54, 1.807) is 11.4 Å². The highest BCUT2D eigenvalue weighted by molar-refractivity contribution is 7.14.